The van der Waals surface area contributed by atoms with Crippen LogP contribution in [0.1, 0.15) is 0 Å². The van der Waals surface area contributed by atoms with Gasteiger partial charge in [0.25, 0.3) is 0 Å². The van der Waals surface area contributed by atoms with Gasteiger partial charge in [-0.1, -0.05) is 30.3 Å². The second-order valence-corrected chi connectivity index (χ2v) is 3.57. The van der Waals surface area contributed by atoms with Crippen LogP contribution in [0.2, 0.25) is 0 Å². The van der Waals surface area contributed by atoms with Crippen molar-refractivity contribution in [1.29, 1.82) is 0 Å². The van der Waals surface area contributed by atoms with E-state index in [1.165, 1.54) is 0 Å². The Labute approximate surface area is 98.6 Å². The van der Waals surface area contributed by atoms with Crippen LogP contribution < -0.4 is 0 Å². The Morgan fingerprint density at radius 1 is 0.941 bits per heavy atom. The zero-order valence-electron chi connectivity index (χ0n) is 9.06. The van der Waals surface area contributed by atoms with Gasteiger partial charge in [-0.3, -0.25) is 4.57 Å². The minimum absolute atomic E-state index is 0.719. The molecule has 0 bridgehead atoms. The van der Waals surface area contributed by atoms with Gasteiger partial charge in [0.1, 0.15) is 12.1 Å². The highest BCUT2D eigenvalue weighted by molar-refractivity contribution is 5.55. The van der Waals surface area contributed by atoms with Gasteiger partial charge in [0, 0.05) is 24.2 Å². The molecular weight excluding hydrogens is 212 g/mol. The Morgan fingerprint density at radius 2 is 1.82 bits per heavy atom. The highest BCUT2D eigenvalue weighted by Gasteiger charge is 2.02. The Bertz CT molecular complexity index is 602. The molecule has 0 saturated heterocycles. The second kappa shape index (κ2) is 4.17. The molecule has 3 rings (SSSR count). The van der Waals surface area contributed by atoms with Crippen molar-refractivity contribution < 1.29 is 0 Å². The van der Waals surface area contributed by atoms with E-state index < -0.39 is 0 Å². The summed E-state index contributed by atoms with van der Waals surface area (Å²) in [6, 6.07) is 11.8. The highest BCUT2D eigenvalue weighted by atomic mass is 15.1. The van der Waals surface area contributed by atoms with Crippen LogP contribution in [-0.2, 0) is 0 Å². The summed E-state index contributed by atoms with van der Waals surface area (Å²) in [5, 5.41) is 0. The van der Waals surface area contributed by atoms with Crippen LogP contribution in [0.4, 0.5) is 0 Å². The number of hydrogen-bond donors (Lipinski definition) is 0. The van der Waals surface area contributed by atoms with Gasteiger partial charge in [0.2, 0.25) is 0 Å². The summed E-state index contributed by atoms with van der Waals surface area (Å²) >= 11 is 0. The molecular formula is C13H10N4. The van der Waals surface area contributed by atoms with Crippen LogP contribution in [0.25, 0.3) is 17.2 Å². The third-order valence-electron chi connectivity index (χ3n) is 2.44. The molecule has 0 aliphatic heterocycles. The first kappa shape index (κ1) is 9.72. The van der Waals surface area contributed by atoms with E-state index in [-0.39, 0.29) is 0 Å². The molecule has 0 atom stereocenters. The Morgan fingerprint density at radius 3 is 2.59 bits per heavy atom. The topological polar surface area (TPSA) is 43.6 Å². The van der Waals surface area contributed by atoms with Crippen molar-refractivity contribution in [2.24, 2.45) is 0 Å². The van der Waals surface area contributed by atoms with Crippen molar-refractivity contribution in [1.82, 2.24) is 19.5 Å². The van der Waals surface area contributed by atoms with E-state index in [2.05, 4.69) is 15.0 Å². The van der Waals surface area contributed by atoms with E-state index >= 15 is 0 Å². The van der Waals surface area contributed by atoms with Crippen LogP contribution >= 0.6 is 0 Å². The molecule has 0 fully saturated rings. The number of hydrogen-bond acceptors (Lipinski definition) is 3. The van der Waals surface area contributed by atoms with Gasteiger partial charge < -0.3 is 0 Å². The molecule has 0 unspecified atom stereocenters. The fourth-order valence-electron chi connectivity index (χ4n) is 1.61. The van der Waals surface area contributed by atoms with E-state index in [9.17, 15) is 0 Å². The average molecular weight is 222 g/mol. The van der Waals surface area contributed by atoms with Crippen molar-refractivity contribution in [2.75, 3.05) is 0 Å². The summed E-state index contributed by atoms with van der Waals surface area (Å²) in [6.07, 6.45) is 7.06. The normalized spacial score (nSPS) is 10.4. The molecule has 0 aliphatic carbocycles. The maximum absolute atomic E-state index is 4.50. The summed E-state index contributed by atoms with van der Waals surface area (Å²) in [4.78, 5) is 12.8. The van der Waals surface area contributed by atoms with Crippen molar-refractivity contribution >= 4 is 0 Å². The monoisotopic (exact) mass is 222 g/mol. The van der Waals surface area contributed by atoms with Crippen LogP contribution in [0.5, 0.6) is 0 Å². The Kier molecular flexibility index (Phi) is 2.38. The average Bonchev–Trinajstić information content (AvgIpc) is 2.94. The molecule has 17 heavy (non-hydrogen) atoms. The lowest BCUT2D eigenvalue weighted by Crippen LogP contribution is -1.97. The number of aromatic nitrogens is 4. The number of imidazole rings is 1. The van der Waals surface area contributed by atoms with Crippen molar-refractivity contribution in [3.05, 3.63) is 61.3 Å². The van der Waals surface area contributed by atoms with Crippen LogP contribution in [0.15, 0.2) is 61.3 Å². The van der Waals surface area contributed by atoms with Crippen molar-refractivity contribution in [3.8, 4) is 17.2 Å². The van der Waals surface area contributed by atoms with Gasteiger partial charge in [-0.25, -0.2) is 15.0 Å². The molecule has 3 aromatic rings. The summed E-state index contributed by atoms with van der Waals surface area (Å²) in [5.74, 6) is 1.54. The molecule has 0 aliphatic rings. The summed E-state index contributed by atoms with van der Waals surface area (Å²) in [7, 11) is 0. The van der Waals surface area contributed by atoms with E-state index in [1.807, 2.05) is 47.2 Å². The molecule has 4 heteroatoms. The first-order chi connectivity index (χ1) is 8.43. The van der Waals surface area contributed by atoms with Gasteiger partial charge in [-0.2, -0.15) is 0 Å². The zero-order valence-corrected chi connectivity index (χ0v) is 9.06. The van der Waals surface area contributed by atoms with Gasteiger partial charge >= 0.3 is 0 Å². The molecule has 0 amide bonds. The Balaban J connectivity index is 2.06. The van der Waals surface area contributed by atoms with Crippen LogP contribution in [0, 0.1) is 0 Å². The molecule has 1 aromatic carbocycles. The lowest BCUT2D eigenvalue weighted by Gasteiger charge is -2.03. The minimum atomic E-state index is 0.719. The molecule has 82 valence electrons. The second-order valence-electron chi connectivity index (χ2n) is 3.57. The lowest BCUT2D eigenvalue weighted by atomic mass is 10.2. The molecule has 0 N–H and O–H groups in total. The van der Waals surface area contributed by atoms with Gasteiger partial charge in [-0.05, 0) is 6.07 Å². The molecule has 4 nitrogen and oxygen atoms in total. The van der Waals surface area contributed by atoms with Crippen molar-refractivity contribution in [2.45, 2.75) is 0 Å². The molecule has 2 heterocycles. The van der Waals surface area contributed by atoms with Crippen molar-refractivity contribution in [3.63, 3.8) is 0 Å². The summed E-state index contributed by atoms with van der Waals surface area (Å²) in [5.41, 5.74) is 1.01. The summed E-state index contributed by atoms with van der Waals surface area (Å²) in [6.45, 7) is 0. The van der Waals surface area contributed by atoms with Gasteiger partial charge in [-0.15, -0.1) is 0 Å². The largest absolute Gasteiger partial charge is 0.290 e. The standard InChI is InChI=1S/C13H10N4/c1-2-4-11(5-3-1)13-15-7-6-12(16-13)17-9-8-14-10-17/h1-10H. The maximum atomic E-state index is 4.50. The zero-order chi connectivity index (χ0) is 11.5. The van der Waals surface area contributed by atoms with E-state index in [0.29, 0.717) is 0 Å². The maximum Gasteiger partial charge on any atom is 0.161 e. The SMILES string of the molecule is c1ccc(-c2nccc(-n3ccnc3)n2)cc1. The molecule has 2 aromatic heterocycles. The molecule has 0 spiro atoms. The first-order valence-electron chi connectivity index (χ1n) is 5.30. The van der Waals surface area contributed by atoms with E-state index in [0.717, 1.165) is 17.2 Å². The fourth-order valence-corrected chi connectivity index (χ4v) is 1.61. The minimum Gasteiger partial charge on any atom is -0.290 e. The van der Waals surface area contributed by atoms with Gasteiger partial charge in [0.15, 0.2) is 5.82 Å². The third-order valence-corrected chi connectivity index (χ3v) is 2.44. The predicted molar refractivity (Wildman–Crippen MR) is 64.6 cm³/mol. The highest BCUT2D eigenvalue weighted by Crippen LogP contribution is 2.14. The lowest BCUT2D eigenvalue weighted by molar-refractivity contribution is 0.975. The molecule has 0 radical (unpaired) electrons. The predicted octanol–water partition coefficient (Wildman–Crippen LogP) is 2.33. The number of benzene rings is 1. The smallest absolute Gasteiger partial charge is 0.161 e. The fraction of sp³-hybridized carbons (Fsp3) is 0. The summed E-state index contributed by atoms with van der Waals surface area (Å²) < 4.78 is 1.86. The number of rotatable bonds is 2. The van der Waals surface area contributed by atoms with Crippen LogP contribution in [-0.4, -0.2) is 19.5 Å². The molecule has 0 saturated carbocycles. The quantitative estimate of drug-likeness (QED) is 0.668. The number of nitrogens with zero attached hydrogens (tertiary/aromatic N) is 4. The third kappa shape index (κ3) is 1.92. The van der Waals surface area contributed by atoms with E-state index in [4.69, 9.17) is 0 Å². The van der Waals surface area contributed by atoms with Crippen LogP contribution in [0.3, 0.4) is 0 Å². The first-order valence-corrected chi connectivity index (χ1v) is 5.30. The van der Waals surface area contributed by atoms with E-state index in [1.54, 1.807) is 18.7 Å². The Hall–Kier alpha value is -2.49. The van der Waals surface area contributed by atoms with Gasteiger partial charge in [0.05, 0.1) is 0 Å².